The van der Waals surface area contributed by atoms with E-state index in [0.717, 1.165) is 11.1 Å². The highest BCUT2D eigenvalue weighted by Crippen LogP contribution is 2.26. The summed E-state index contributed by atoms with van der Waals surface area (Å²) in [6.07, 6.45) is 4.79. The van der Waals surface area contributed by atoms with Gasteiger partial charge in [0.05, 0.1) is 22.6 Å². The van der Waals surface area contributed by atoms with Crippen LogP contribution in [0.2, 0.25) is 0 Å². The van der Waals surface area contributed by atoms with Gasteiger partial charge in [-0.3, -0.25) is 9.78 Å². The van der Waals surface area contributed by atoms with Crippen molar-refractivity contribution in [2.24, 2.45) is 0 Å². The van der Waals surface area contributed by atoms with E-state index in [-0.39, 0.29) is 37.1 Å². The minimum atomic E-state index is -3.04. The average molecular weight is 428 g/mol. The fraction of sp³-hybridized carbons (Fsp3) is 0.300. The number of rotatable bonds is 5. The first-order chi connectivity index (χ1) is 14.4. The number of carbonyl (C=O) groups excluding carboxylic acids is 1. The molecule has 0 radical (unpaired) electrons. The average Bonchev–Trinajstić information content (AvgIpc) is 3.13. The van der Waals surface area contributed by atoms with E-state index in [1.54, 1.807) is 24.5 Å². The molecule has 9 nitrogen and oxygen atoms in total. The number of hydrogen-bond acceptors (Lipinski definition) is 8. The molecule has 0 atom stereocenters. The highest BCUT2D eigenvalue weighted by atomic mass is 32.2. The number of aromatic nitrogens is 3. The second-order valence-corrected chi connectivity index (χ2v) is 9.22. The van der Waals surface area contributed by atoms with Gasteiger partial charge in [0.1, 0.15) is 18.1 Å². The Bertz CT molecular complexity index is 1130. The fourth-order valence-electron chi connectivity index (χ4n) is 3.13. The lowest BCUT2D eigenvalue weighted by Crippen LogP contribution is -2.43. The van der Waals surface area contributed by atoms with Gasteiger partial charge in [-0.05, 0) is 25.1 Å². The van der Waals surface area contributed by atoms with E-state index >= 15 is 0 Å². The zero-order valence-corrected chi connectivity index (χ0v) is 17.1. The van der Waals surface area contributed by atoms with Crippen LogP contribution in [0.25, 0.3) is 11.3 Å². The maximum absolute atomic E-state index is 12.5. The van der Waals surface area contributed by atoms with Gasteiger partial charge in [0, 0.05) is 43.3 Å². The van der Waals surface area contributed by atoms with Crippen LogP contribution in [0.15, 0.2) is 47.4 Å². The van der Waals surface area contributed by atoms with Gasteiger partial charge in [-0.25, -0.2) is 13.4 Å². The van der Waals surface area contributed by atoms with E-state index in [2.05, 4.69) is 15.1 Å². The van der Waals surface area contributed by atoms with Crippen molar-refractivity contribution in [2.75, 3.05) is 24.6 Å². The number of sulfone groups is 1. The number of hydrogen-bond donors (Lipinski definition) is 0. The standard InChI is InChI=1S/C20H20N4O5S/c1-14-17(19(23-29-14)15-4-6-21-7-5-15)13-28-18-3-2-16(12-22-18)20(25)24-8-10-30(26,27)11-9-24/h2-7,12H,8-11,13H2,1H3. The fourth-order valence-corrected chi connectivity index (χ4v) is 4.34. The molecule has 1 aliphatic rings. The lowest BCUT2D eigenvalue weighted by molar-refractivity contribution is 0.0769. The molecule has 0 spiro atoms. The van der Waals surface area contributed by atoms with E-state index in [1.807, 2.05) is 19.1 Å². The molecule has 4 heterocycles. The Morgan fingerprint density at radius 1 is 1.17 bits per heavy atom. The van der Waals surface area contributed by atoms with Crippen LogP contribution in [-0.4, -0.2) is 58.9 Å². The Balaban J connectivity index is 1.42. The highest BCUT2D eigenvalue weighted by Gasteiger charge is 2.26. The summed E-state index contributed by atoms with van der Waals surface area (Å²) in [6.45, 7) is 2.41. The number of pyridine rings is 2. The first-order valence-electron chi connectivity index (χ1n) is 9.37. The summed E-state index contributed by atoms with van der Waals surface area (Å²) in [7, 11) is -3.04. The number of nitrogens with zero attached hydrogens (tertiary/aromatic N) is 4. The quantitative estimate of drug-likeness (QED) is 0.605. The van der Waals surface area contributed by atoms with Gasteiger partial charge in [-0.1, -0.05) is 5.16 Å². The summed E-state index contributed by atoms with van der Waals surface area (Å²) in [5, 5.41) is 4.10. The van der Waals surface area contributed by atoms with Crippen molar-refractivity contribution < 1.29 is 22.5 Å². The second-order valence-electron chi connectivity index (χ2n) is 6.92. The van der Waals surface area contributed by atoms with Crippen LogP contribution >= 0.6 is 0 Å². The van der Waals surface area contributed by atoms with Crippen molar-refractivity contribution in [1.29, 1.82) is 0 Å². The topological polar surface area (TPSA) is 115 Å². The zero-order chi connectivity index (χ0) is 21.1. The van der Waals surface area contributed by atoms with Crippen molar-refractivity contribution in [1.82, 2.24) is 20.0 Å². The van der Waals surface area contributed by atoms with Crippen LogP contribution in [0.4, 0.5) is 0 Å². The van der Waals surface area contributed by atoms with Crippen molar-refractivity contribution in [2.45, 2.75) is 13.5 Å². The van der Waals surface area contributed by atoms with E-state index < -0.39 is 9.84 Å². The van der Waals surface area contributed by atoms with Crippen molar-refractivity contribution in [3.8, 4) is 17.1 Å². The summed E-state index contributed by atoms with van der Waals surface area (Å²) in [5.41, 5.74) is 2.75. The molecular weight excluding hydrogens is 408 g/mol. The molecule has 156 valence electrons. The van der Waals surface area contributed by atoms with Crippen LogP contribution in [0.5, 0.6) is 5.88 Å². The summed E-state index contributed by atoms with van der Waals surface area (Å²) < 4.78 is 34.1. The normalized spacial score (nSPS) is 15.7. The first kappa shape index (κ1) is 20.0. The predicted molar refractivity (Wildman–Crippen MR) is 108 cm³/mol. The summed E-state index contributed by atoms with van der Waals surface area (Å²) in [6, 6.07) is 6.91. The monoisotopic (exact) mass is 428 g/mol. The largest absolute Gasteiger partial charge is 0.473 e. The van der Waals surface area contributed by atoms with Crippen LogP contribution in [0.1, 0.15) is 21.7 Å². The molecule has 4 rings (SSSR count). The van der Waals surface area contributed by atoms with Gasteiger partial charge in [-0.2, -0.15) is 0 Å². The third-order valence-electron chi connectivity index (χ3n) is 4.92. The highest BCUT2D eigenvalue weighted by molar-refractivity contribution is 7.91. The molecular formula is C20H20N4O5S. The van der Waals surface area contributed by atoms with E-state index in [9.17, 15) is 13.2 Å². The molecule has 10 heteroatoms. The Morgan fingerprint density at radius 3 is 2.57 bits per heavy atom. The third-order valence-corrected chi connectivity index (χ3v) is 6.53. The van der Waals surface area contributed by atoms with Gasteiger partial charge >= 0.3 is 0 Å². The molecule has 1 aliphatic heterocycles. The lowest BCUT2D eigenvalue weighted by atomic mass is 10.1. The molecule has 0 aliphatic carbocycles. The molecule has 30 heavy (non-hydrogen) atoms. The third kappa shape index (κ3) is 4.33. The number of carbonyl (C=O) groups is 1. The first-order valence-corrected chi connectivity index (χ1v) is 11.2. The summed E-state index contributed by atoms with van der Waals surface area (Å²) >= 11 is 0. The second kappa shape index (κ2) is 8.23. The maximum atomic E-state index is 12.5. The minimum absolute atomic E-state index is 0.00867. The van der Waals surface area contributed by atoms with Gasteiger partial charge in [0.15, 0.2) is 9.84 Å². The van der Waals surface area contributed by atoms with E-state index in [1.165, 1.54) is 11.1 Å². The molecule has 1 amide bonds. The molecule has 0 saturated carbocycles. The molecule has 0 unspecified atom stereocenters. The van der Waals surface area contributed by atoms with E-state index in [4.69, 9.17) is 9.26 Å². The molecule has 1 fully saturated rings. The summed E-state index contributed by atoms with van der Waals surface area (Å²) in [5.74, 6) is 0.748. The molecule has 3 aromatic heterocycles. The number of amides is 1. The Kier molecular flexibility index (Phi) is 5.49. The Hall–Kier alpha value is -3.27. The van der Waals surface area contributed by atoms with Gasteiger partial charge in [0.2, 0.25) is 5.88 Å². The van der Waals surface area contributed by atoms with Crippen LogP contribution in [0, 0.1) is 6.92 Å². The van der Waals surface area contributed by atoms with Crippen molar-refractivity contribution >= 4 is 15.7 Å². The van der Waals surface area contributed by atoms with Crippen LogP contribution in [0.3, 0.4) is 0 Å². The SMILES string of the molecule is Cc1onc(-c2ccncc2)c1COc1ccc(C(=O)N2CCS(=O)(=O)CC2)cn1. The predicted octanol–water partition coefficient (Wildman–Crippen LogP) is 1.89. The molecule has 1 saturated heterocycles. The smallest absolute Gasteiger partial charge is 0.255 e. The van der Waals surface area contributed by atoms with Crippen LogP contribution in [-0.2, 0) is 16.4 Å². The molecule has 0 bridgehead atoms. The molecule has 0 aromatic carbocycles. The molecule has 3 aromatic rings. The van der Waals surface area contributed by atoms with Gasteiger partial charge in [-0.15, -0.1) is 0 Å². The van der Waals surface area contributed by atoms with Gasteiger partial charge < -0.3 is 14.2 Å². The minimum Gasteiger partial charge on any atom is -0.473 e. The number of ether oxygens (including phenoxy) is 1. The van der Waals surface area contributed by atoms with Gasteiger partial charge in [0.25, 0.3) is 5.91 Å². The Labute approximate surface area is 173 Å². The zero-order valence-electron chi connectivity index (χ0n) is 16.3. The van der Waals surface area contributed by atoms with Crippen LogP contribution < -0.4 is 4.74 Å². The maximum Gasteiger partial charge on any atom is 0.255 e. The van der Waals surface area contributed by atoms with E-state index in [0.29, 0.717) is 22.9 Å². The van der Waals surface area contributed by atoms with Crippen molar-refractivity contribution in [3.63, 3.8) is 0 Å². The Morgan fingerprint density at radius 2 is 1.90 bits per heavy atom. The summed E-state index contributed by atoms with van der Waals surface area (Å²) in [4.78, 5) is 22.3. The molecule has 0 N–H and O–H groups in total. The van der Waals surface area contributed by atoms with Crippen molar-refractivity contribution in [3.05, 3.63) is 59.7 Å². The number of aryl methyl sites for hydroxylation is 1. The lowest BCUT2D eigenvalue weighted by Gasteiger charge is -2.26.